The summed E-state index contributed by atoms with van der Waals surface area (Å²) in [6.07, 6.45) is 8.67. The third-order valence-electron chi connectivity index (χ3n) is 7.07. The number of carbonyl (C=O) groups excluding carboxylic acids is 1. The first-order chi connectivity index (χ1) is 17.9. The van der Waals surface area contributed by atoms with Crippen LogP contribution in [0.4, 0.5) is 5.82 Å². The zero-order valence-electron chi connectivity index (χ0n) is 22.1. The van der Waals surface area contributed by atoms with Gasteiger partial charge in [0.1, 0.15) is 11.5 Å². The summed E-state index contributed by atoms with van der Waals surface area (Å²) in [5, 5.41) is 4.21. The van der Waals surface area contributed by atoms with Crippen molar-refractivity contribution in [1.29, 1.82) is 0 Å². The second-order valence-corrected chi connectivity index (χ2v) is 9.78. The molecule has 1 aliphatic rings. The molecule has 4 aromatic heterocycles. The second-order valence-electron chi connectivity index (χ2n) is 9.78. The van der Waals surface area contributed by atoms with Crippen molar-refractivity contribution in [3.63, 3.8) is 0 Å². The number of nitrogens with zero attached hydrogens (tertiary/aromatic N) is 6. The molecule has 0 saturated heterocycles. The fourth-order valence-corrected chi connectivity index (χ4v) is 4.96. The highest BCUT2D eigenvalue weighted by Crippen LogP contribution is 2.31. The molecule has 5 rings (SSSR count). The Bertz CT molecular complexity index is 1480. The number of aryl methyl sites for hydroxylation is 2. The van der Waals surface area contributed by atoms with Gasteiger partial charge in [-0.1, -0.05) is 6.08 Å². The van der Waals surface area contributed by atoms with Crippen molar-refractivity contribution < 1.29 is 4.79 Å². The number of carbonyl (C=O) groups is 1. The molecule has 37 heavy (non-hydrogen) atoms. The van der Waals surface area contributed by atoms with Crippen molar-refractivity contribution in [2.75, 3.05) is 39.5 Å². The van der Waals surface area contributed by atoms with Crippen molar-refractivity contribution in [3.05, 3.63) is 77.5 Å². The summed E-state index contributed by atoms with van der Waals surface area (Å²) in [5.74, 6) is 0.827. The molecule has 0 saturated carbocycles. The van der Waals surface area contributed by atoms with Crippen LogP contribution < -0.4 is 5.32 Å². The quantitative estimate of drug-likeness (QED) is 0.428. The van der Waals surface area contributed by atoms with E-state index in [4.69, 9.17) is 0 Å². The lowest BCUT2D eigenvalue weighted by atomic mass is 9.99. The predicted octanol–water partition coefficient (Wildman–Crippen LogP) is 4.37. The van der Waals surface area contributed by atoms with Crippen molar-refractivity contribution in [2.45, 2.75) is 19.9 Å². The fourth-order valence-electron chi connectivity index (χ4n) is 4.96. The van der Waals surface area contributed by atoms with E-state index >= 15 is 0 Å². The maximum Gasteiger partial charge on any atom is 0.254 e. The van der Waals surface area contributed by atoms with E-state index in [0.717, 1.165) is 65.3 Å². The highest BCUT2D eigenvalue weighted by Gasteiger charge is 2.19. The summed E-state index contributed by atoms with van der Waals surface area (Å²) in [4.78, 5) is 30.1. The van der Waals surface area contributed by atoms with E-state index in [0.29, 0.717) is 5.56 Å². The third kappa shape index (κ3) is 4.84. The minimum Gasteiger partial charge on any atom is -0.373 e. The van der Waals surface area contributed by atoms with E-state index in [1.807, 2.05) is 38.5 Å². The van der Waals surface area contributed by atoms with Crippen LogP contribution in [-0.2, 0) is 13.6 Å². The topological polar surface area (TPSA) is 79.2 Å². The van der Waals surface area contributed by atoms with Crippen LogP contribution in [0.25, 0.3) is 27.7 Å². The van der Waals surface area contributed by atoms with Crippen LogP contribution >= 0.6 is 0 Å². The number of hydrogen-bond donors (Lipinski definition) is 1. The maximum absolute atomic E-state index is 12.3. The molecule has 5 heterocycles. The van der Waals surface area contributed by atoms with Gasteiger partial charge < -0.3 is 14.8 Å². The lowest BCUT2D eigenvalue weighted by Crippen LogP contribution is -2.29. The van der Waals surface area contributed by atoms with E-state index in [9.17, 15) is 4.79 Å². The molecule has 190 valence electrons. The molecule has 0 radical (unpaired) electrons. The Labute approximate surface area is 217 Å². The maximum atomic E-state index is 12.3. The Morgan fingerprint density at radius 2 is 1.95 bits per heavy atom. The second kappa shape index (κ2) is 10.1. The van der Waals surface area contributed by atoms with Crippen LogP contribution in [0.3, 0.4) is 0 Å². The molecule has 4 aromatic rings. The molecule has 0 aromatic carbocycles. The Morgan fingerprint density at radius 1 is 1.11 bits per heavy atom. The highest BCUT2D eigenvalue weighted by molar-refractivity contribution is 5.94. The van der Waals surface area contributed by atoms with Gasteiger partial charge in [-0.3, -0.25) is 14.7 Å². The van der Waals surface area contributed by atoms with E-state index in [2.05, 4.69) is 61.1 Å². The fraction of sp³-hybridized carbons (Fsp3) is 0.310. The van der Waals surface area contributed by atoms with Gasteiger partial charge in [0.2, 0.25) is 0 Å². The van der Waals surface area contributed by atoms with E-state index < -0.39 is 0 Å². The summed E-state index contributed by atoms with van der Waals surface area (Å²) in [6.45, 7) is 4.67. The zero-order chi connectivity index (χ0) is 26.1. The standard InChI is InChI=1S/C29H33N7O/c1-19-14-22(29(37)34(3)4)17-33-27(19)20-9-12-36(13-10-20)18-23-15-25-24(8-11-31-28(25)35(23)5)21-6-7-26(30-2)32-16-21/h6-9,11,14-17H,10,12-13,18H2,1-5H3,(H,30,32). The number of hydrogen-bond acceptors (Lipinski definition) is 6. The third-order valence-corrected chi connectivity index (χ3v) is 7.07. The first-order valence-electron chi connectivity index (χ1n) is 12.5. The van der Waals surface area contributed by atoms with Crippen molar-refractivity contribution in [2.24, 2.45) is 7.05 Å². The van der Waals surface area contributed by atoms with Crippen LogP contribution in [0.2, 0.25) is 0 Å². The Balaban J connectivity index is 1.34. The number of fused-ring (bicyclic) bond motifs is 1. The van der Waals surface area contributed by atoms with Crippen molar-refractivity contribution in [3.8, 4) is 11.1 Å². The molecule has 1 amide bonds. The van der Waals surface area contributed by atoms with Crippen LogP contribution in [0.5, 0.6) is 0 Å². The van der Waals surface area contributed by atoms with Crippen LogP contribution in [-0.4, -0.2) is 69.5 Å². The Kier molecular flexibility index (Phi) is 6.76. The number of amides is 1. The lowest BCUT2D eigenvalue weighted by molar-refractivity contribution is 0.0827. The van der Waals surface area contributed by atoms with Crippen molar-refractivity contribution >= 4 is 28.3 Å². The molecule has 0 unspecified atom stereocenters. The highest BCUT2D eigenvalue weighted by atomic mass is 16.2. The number of rotatable bonds is 6. The molecule has 0 aliphatic carbocycles. The number of anilines is 1. The van der Waals surface area contributed by atoms with Gasteiger partial charge in [-0.15, -0.1) is 0 Å². The van der Waals surface area contributed by atoms with E-state index in [1.165, 1.54) is 11.3 Å². The number of nitrogens with one attached hydrogen (secondary N) is 1. The predicted molar refractivity (Wildman–Crippen MR) is 148 cm³/mol. The lowest BCUT2D eigenvalue weighted by Gasteiger charge is -2.26. The van der Waals surface area contributed by atoms with E-state index in [-0.39, 0.29) is 5.91 Å². The summed E-state index contributed by atoms with van der Waals surface area (Å²) >= 11 is 0. The van der Waals surface area contributed by atoms with Gasteiger partial charge in [-0.25, -0.2) is 9.97 Å². The normalized spacial score (nSPS) is 14.0. The molecule has 8 heteroatoms. The molecule has 0 bridgehead atoms. The number of aromatic nitrogens is 4. The molecule has 8 nitrogen and oxygen atoms in total. The molecule has 1 aliphatic heterocycles. The zero-order valence-corrected chi connectivity index (χ0v) is 22.1. The molecule has 0 fully saturated rings. The minimum atomic E-state index is -0.0233. The Hall–Kier alpha value is -4.04. The number of pyridine rings is 3. The van der Waals surface area contributed by atoms with E-state index in [1.54, 1.807) is 25.2 Å². The largest absolute Gasteiger partial charge is 0.373 e. The first-order valence-corrected chi connectivity index (χ1v) is 12.5. The van der Waals surface area contributed by atoms with Crippen molar-refractivity contribution in [1.82, 2.24) is 29.3 Å². The van der Waals surface area contributed by atoms with Gasteiger partial charge in [0, 0.05) is 83.1 Å². The average molecular weight is 496 g/mol. The summed E-state index contributed by atoms with van der Waals surface area (Å²) in [5.41, 5.74) is 8.33. The molecule has 0 atom stereocenters. The summed E-state index contributed by atoms with van der Waals surface area (Å²) in [6, 6.07) is 10.4. The summed E-state index contributed by atoms with van der Waals surface area (Å²) < 4.78 is 2.19. The SMILES string of the molecule is CNc1ccc(-c2ccnc3c2cc(CN2CC=C(c4ncc(C(=O)N(C)C)cc4C)CC2)n3C)cn1. The van der Waals surface area contributed by atoms with Gasteiger partial charge in [-0.2, -0.15) is 0 Å². The van der Waals surface area contributed by atoms with Crippen LogP contribution in [0.15, 0.2) is 55.0 Å². The smallest absolute Gasteiger partial charge is 0.254 e. The van der Waals surface area contributed by atoms with Gasteiger partial charge in [-0.05, 0) is 60.4 Å². The monoisotopic (exact) mass is 495 g/mol. The summed E-state index contributed by atoms with van der Waals surface area (Å²) in [7, 11) is 7.48. The first kappa shape index (κ1) is 24.6. The van der Waals surface area contributed by atoms with Gasteiger partial charge >= 0.3 is 0 Å². The van der Waals surface area contributed by atoms with Crippen LogP contribution in [0, 0.1) is 6.92 Å². The molecule has 0 spiro atoms. The molecule has 1 N–H and O–H groups in total. The van der Waals surface area contributed by atoms with Gasteiger partial charge in [0.25, 0.3) is 5.91 Å². The van der Waals surface area contributed by atoms with Gasteiger partial charge in [0.05, 0.1) is 11.3 Å². The minimum absolute atomic E-state index is 0.0233. The average Bonchev–Trinajstić information content (AvgIpc) is 3.23. The Morgan fingerprint density at radius 3 is 2.59 bits per heavy atom. The van der Waals surface area contributed by atoms with Crippen LogP contribution in [0.1, 0.15) is 33.7 Å². The molecular formula is C29H33N7O. The molecular weight excluding hydrogens is 462 g/mol. The van der Waals surface area contributed by atoms with Gasteiger partial charge in [0.15, 0.2) is 0 Å².